The van der Waals surface area contributed by atoms with Gasteiger partial charge in [0.2, 0.25) is 11.9 Å². The zero-order chi connectivity index (χ0) is 38.5. The van der Waals surface area contributed by atoms with Gasteiger partial charge in [0, 0.05) is 37.7 Å². The largest absolute Gasteiger partial charge is 0.492 e. The predicted octanol–water partition coefficient (Wildman–Crippen LogP) is 7.84. The third-order valence-corrected chi connectivity index (χ3v) is 11.0. The summed E-state index contributed by atoms with van der Waals surface area (Å²) in [7, 11) is 4.01. The van der Waals surface area contributed by atoms with Crippen molar-refractivity contribution in [2.45, 2.75) is 95.6 Å². The van der Waals surface area contributed by atoms with Gasteiger partial charge in [-0.25, -0.2) is 4.68 Å². The highest BCUT2D eigenvalue weighted by Gasteiger charge is 2.30. The van der Waals surface area contributed by atoms with Crippen LogP contribution in [0.15, 0.2) is 72.9 Å². The van der Waals surface area contributed by atoms with Gasteiger partial charge >= 0.3 is 0 Å². The highest BCUT2D eigenvalue weighted by atomic mass is 16.5. The van der Waals surface area contributed by atoms with Gasteiger partial charge in [0.25, 0.3) is 0 Å². The average molecular weight is 744 g/mol. The van der Waals surface area contributed by atoms with Crippen molar-refractivity contribution >= 4 is 23.3 Å². The van der Waals surface area contributed by atoms with E-state index in [-0.39, 0.29) is 12.0 Å². The van der Waals surface area contributed by atoms with Crippen LogP contribution in [-0.4, -0.2) is 75.0 Å². The fourth-order valence-electron chi connectivity index (χ4n) is 7.74. The minimum Gasteiger partial charge on any atom is -0.492 e. The van der Waals surface area contributed by atoms with Crippen molar-refractivity contribution in [1.29, 1.82) is 5.26 Å². The lowest BCUT2D eigenvalue weighted by molar-refractivity contribution is -0.116. The molecule has 1 fully saturated rings. The summed E-state index contributed by atoms with van der Waals surface area (Å²) in [5.74, 6) is 3.17. The molecule has 3 aromatic heterocycles. The molecule has 1 saturated heterocycles. The second kappa shape index (κ2) is 16.5. The van der Waals surface area contributed by atoms with Gasteiger partial charge < -0.3 is 24.6 Å². The summed E-state index contributed by atoms with van der Waals surface area (Å²) < 4.78 is 16.4. The number of likely N-dealkylation sites (N-methyl/N-ethyl adjacent to an activating group) is 1. The first-order valence-corrected chi connectivity index (χ1v) is 19.7. The Morgan fingerprint density at radius 3 is 2.64 bits per heavy atom. The van der Waals surface area contributed by atoms with E-state index in [2.05, 4.69) is 67.0 Å². The number of pyridine rings is 1. The normalized spacial score (nSPS) is 18.6. The molecule has 55 heavy (non-hydrogen) atoms. The van der Waals surface area contributed by atoms with Crippen LogP contribution >= 0.6 is 0 Å². The number of nitrogens with one attached hydrogen (secondary N) is 1. The number of hydrogen-bond donors (Lipinski definition) is 1. The van der Waals surface area contributed by atoms with Gasteiger partial charge in [-0.05, 0) is 121 Å². The van der Waals surface area contributed by atoms with Gasteiger partial charge in [-0.3, -0.25) is 9.20 Å². The van der Waals surface area contributed by atoms with E-state index in [9.17, 15) is 10.1 Å². The lowest BCUT2D eigenvalue weighted by Crippen LogP contribution is -2.38. The van der Waals surface area contributed by atoms with Crippen molar-refractivity contribution in [3.05, 3.63) is 89.7 Å². The van der Waals surface area contributed by atoms with Crippen LogP contribution in [0.25, 0.3) is 11.3 Å². The quantitative estimate of drug-likeness (QED) is 0.121. The summed E-state index contributed by atoms with van der Waals surface area (Å²) in [6.07, 6.45) is 9.39. The number of aromatic nitrogens is 5. The van der Waals surface area contributed by atoms with Crippen LogP contribution in [0.5, 0.6) is 11.5 Å². The fraction of sp³-hybridized carbons (Fsp3) is 0.465. The molecule has 1 aliphatic heterocycles. The SMILES string of the molecule is CC1CCCCN1c1nnc2ccc(OC3CCC(CCCC(=O)Nc4cc(C(C)(C)C#N)nn4-c4cccc(OCCN(C)C)c4)c4ccccc43)cn12. The molecule has 0 saturated carbocycles. The number of ether oxygens (including phenoxy) is 2. The zero-order valence-electron chi connectivity index (χ0n) is 32.7. The number of nitrogens with zero attached hydrogens (tertiary/aromatic N) is 8. The molecule has 3 unspecified atom stereocenters. The van der Waals surface area contributed by atoms with Crippen molar-refractivity contribution < 1.29 is 14.3 Å². The van der Waals surface area contributed by atoms with E-state index in [0.717, 1.165) is 74.6 Å². The molecule has 0 spiro atoms. The zero-order valence-corrected chi connectivity index (χ0v) is 32.7. The average Bonchev–Trinajstić information content (AvgIpc) is 3.81. The molecule has 2 aromatic carbocycles. The minimum absolute atomic E-state index is 0.0638. The number of rotatable bonds is 14. The monoisotopic (exact) mass is 743 g/mol. The molecule has 12 heteroatoms. The number of anilines is 2. The predicted molar refractivity (Wildman–Crippen MR) is 214 cm³/mol. The van der Waals surface area contributed by atoms with Crippen LogP contribution in [-0.2, 0) is 10.2 Å². The molecular formula is C43H53N9O3. The number of carbonyl (C=O) groups is 1. The number of amides is 1. The number of benzene rings is 2. The highest BCUT2D eigenvalue weighted by Crippen LogP contribution is 2.42. The van der Waals surface area contributed by atoms with Crippen molar-refractivity contribution in [2.24, 2.45) is 0 Å². The van der Waals surface area contributed by atoms with E-state index < -0.39 is 5.41 Å². The highest BCUT2D eigenvalue weighted by molar-refractivity contribution is 5.90. The first-order chi connectivity index (χ1) is 26.6. The van der Waals surface area contributed by atoms with Crippen molar-refractivity contribution in [1.82, 2.24) is 29.3 Å². The summed E-state index contributed by atoms with van der Waals surface area (Å²) in [5.41, 5.74) is 3.81. The maximum Gasteiger partial charge on any atom is 0.232 e. The summed E-state index contributed by atoms with van der Waals surface area (Å²) in [6.45, 7) is 8.23. The molecule has 12 nitrogen and oxygen atoms in total. The molecule has 1 N–H and O–H groups in total. The molecule has 3 atom stereocenters. The van der Waals surface area contributed by atoms with Crippen LogP contribution < -0.4 is 19.7 Å². The lowest BCUT2D eigenvalue weighted by Gasteiger charge is -2.33. The van der Waals surface area contributed by atoms with Crippen LogP contribution in [0.2, 0.25) is 0 Å². The van der Waals surface area contributed by atoms with Crippen LogP contribution in [0.4, 0.5) is 11.8 Å². The molecule has 288 valence electrons. The Kier molecular flexibility index (Phi) is 11.4. The van der Waals surface area contributed by atoms with E-state index in [0.29, 0.717) is 42.2 Å². The maximum absolute atomic E-state index is 13.5. The molecule has 1 amide bonds. The summed E-state index contributed by atoms with van der Waals surface area (Å²) in [4.78, 5) is 17.9. The molecule has 0 radical (unpaired) electrons. The molecule has 4 heterocycles. The number of carbonyl (C=O) groups excluding carboxylic acids is 1. The van der Waals surface area contributed by atoms with E-state index in [4.69, 9.17) is 14.6 Å². The van der Waals surface area contributed by atoms with Crippen molar-refractivity contribution in [2.75, 3.05) is 44.0 Å². The number of fused-ring (bicyclic) bond motifs is 2. The Morgan fingerprint density at radius 2 is 1.84 bits per heavy atom. The van der Waals surface area contributed by atoms with Gasteiger partial charge in [0.15, 0.2) is 5.65 Å². The first kappa shape index (κ1) is 37.9. The third-order valence-electron chi connectivity index (χ3n) is 11.0. The molecule has 0 bridgehead atoms. The van der Waals surface area contributed by atoms with E-state index in [1.807, 2.05) is 70.5 Å². The van der Waals surface area contributed by atoms with E-state index in [1.165, 1.54) is 17.5 Å². The summed E-state index contributed by atoms with van der Waals surface area (Å²) >= 11 is 0. The van der Waals surface area contributed by atoms with E-state index in [1.54, 1.807) is 10.7 Å². The minimum atomic E-state index is -0.835. The molecule has 1 aliphatic carbocycles. The van der Waals surface area contributed by atoms with Crippen LogP contribution in [0.1, 0.15) is 101 Å². The molecule has 2 aliphatic rings. The summed E-state index contributed by atoms with van der Waals surface area (Å²) in [6, 6.07) is 24.8. The Hall–Kier alpha value is -5.41. The Labute approximate surface area is 324 Å². The third kappa shape index (κ3) is 8.62. The van der Waals surface area contributed by atoms with Gasteiger partial charge in [-0.2, -0.15) is 10.4 Å². The molecule has 7 rings (SSSR count). The van der Waals surface area contributed by atoms with Gasteiger partial charge in [0.1, 0.15) is 30.0 Å². The second-order valence-electron chi connectivity index (χ2n) is 15.8. The van der Waals surface area contributed by atoms with Gasteiger partial charge in [-0.15, -0.1) is 10.2 Å². The standard InChI is InChI=1S/C43H53N9O3/c1-30-12-8-9-23-50(30)42-47-46-39-22-20-34(28-51(39)42)55-37-21-19-31(35-16-6-7-17-36(35)37)13-10-18-41(53)45-40-27-38(43(2,3)29-44)48-52(40)32-14-11-15-33(26-32)54-25-24-49(4)5/h6-7,11,14-17,20,22,26-28,30-31,37H,8-10,12-13,18-19,21,23-25H2,1-5H3,(H,45,53). The Morgan fingerprint density at radius 1 is 1.00 bits per heavy atom. The Bertz CT molecular complexity index is 2150. The topological polar surface area (TPSA) is 126 Å². The number of nitriles is 1. The number of piperidine rings is 1. The summed E-state index contributed by atoms with van der Waals surface area (Å²) in [5, 5.41) is 26.7. The maximum atomic E-state index is 13.5. The van der Waals surface area contributed by atoms with Gasteiger partial charge in [-0.1, -0.05) is 30.3 Å². The molecule has 5 aromatic rings. The van der Waals surface area contributed by atoms with Gasteiger partial charge in [0.05, 0.1) is 29.1 Å². The Balaban J connectivity index is 1.00. The smallest absolute Gasteiger partial charge is 0.232 e. The molecular weight excluding hydrogens is 691 g/mol. The van der Waals surface area contributed by atoms with Crippen LogP contribution in [0.3, 0.4) is 0 Å². The first-order valence-electron chi connectivity index (χ1n) is 19.7. The van der Waals surface area contributed by atoms with Crippen LogP contribution in [0, 0.1) is 11.3 Å². The van der Waals surface area contributed by atoms with Crippen molar-refractivity contribution in [3.63, 3.8) is 0 Å². The number of hydrogen-bond acceptors (Lipinski definition) is 9. The van der Waals surface area contributed by atoms with E-state index >= 15 is 0 Å². The second-order valence-corrected chi connectivity index (χ2v) is 15.8. The fourth-order valence-corrected chi connectivity index (χ4v) is 7.74. The van der Waals surface area contributed by atoms with Crippen molar-refractivity contribution in [3.8, 4) is 23.3 Å². The lowest BCUT2D eigenvalue weighted by atomic mass is 9.79.